The van der Waals surface area contributed by atoms with E-state index in [9.17, 15) is 34.2 Å². The van der Waals surface area contributed by atoms with Gasteiger partial charge in [0.05, 0.1) is 12.2 Å². The van der Waals surface area contributed by atoms with Crippen molar-refractivity contribution in [3.05, 3.63) is 0 Å². The van der Waals surface area contributed by atoms with E-state index in [1.54, 1.807) is 0 Å². The summed E-state index contributed by atoms with van der Waals surface area (Å²) >= 11 is 0. The number of aliphatic hydroxyl groups excluding tert-OH is 2. The van der Waals surface area contributed by atoms with Crippen LogP contribution >= 0.6 is 0 Å². The van der Waals surface area contributed by atoms with Gasteiger partial charge in [0.25, 0.3) is 0 Å². The Kier molecular flexibility index (Phi) is 10.7. The number of carbonyl (C=O) groups excluding carboxylic acids is 3. The highest BCUT2D eigenvalue weighted by atomic mass is 16.4. The van der Waals surface area contributed by atoms with E-state index < -0.39 is 73.0 Å². The Morgan fingerprint density at radius 3 is 1.86 bits per heavy atom. The first-order valence-corrected chi connectivity index (χ1v) is 8.30. The van der Waals surface area contributed by atoms with E-state index in [2.05, 4.69) is 10.6 Å². The van der Waals surface area contributed by atoms with Crippen LogP contribution in [0, 0.1) is 0 Å². The zero-order chi connectivity index (χ0) is 22.0. The Morgan fingerprint density at radius 2 is 1.43 bits per heavy atom. The zero-order valence-corrected chi connectivity index (χ0v) is 15.4. The molecule has 0 saturated carbocycles. The van der Waals surface area contributed by atoms with Gasteiger partial charge in [-0.2, -0.15) is 0 Å². The Bertz CT molecular complexity index is 594. The van der Waals surface area contributed by atoms with Crippen molar-refractivity contribution in [3.63, 3.8) is 0 Å². The molecule has 3 amide bonds. The first kappa shape index (κ1) is 25.2. The van der Waals surface area contributed by atoms with Crippen molar-refractivity contribution >= 4 is 29.7 Å². The molecule has 5 unspecified atom stereocenters. The molecule has 9 N–H and O–H groups in total. The minimum Gasteiger partial charge on any atom is -0.481 e. The van der Waals surface area contributed by atoms with Gasteiger partial charge in [-0.3, -0.25) is 24.0 Å². The minimum atomic E-state index is -1.56. The normalized spacial score (nSPS) is 16.0. The molecule has 13 nitrogen and oxygen atoms in total. The van der Waals surface area contributed by atoms with Crippen molar-refractivity contribution in [2.45, 2.75) is 57.0 Å². The lowest BCUT2D eigenvalue weighted by Crippen LogP contribution is -2.60. The summed E-state index contributed by atoms with van der Waals surface area (Å²) in [6, 6.07) is -4.36. The third-order valence-corrected chi connectivity index (χ3v) is 3.58. The van der Waals surface area contributed by atoms with E-state index in [0.717, 1.165) is 0 Å². The fraction of sp³-hybridized carbons (Fsp3) is 0.667. The Labute approximate surface area is 160 Å². The second kappa shape index (κ2) is 11.8. The number of hydrogen-bond acceptors (Lipinski definition) is 8. The monoisotopic (exact) mass is 406 g/mol. The topological polar surface area (TPSA) is 228 Å². The van der Waals surface area contributed by atoms with Gasteiger partial charge in [0.15, 0.2) is 0 Å². The molecule has 0 radical (unpaired) electrons. The number of rotatable bonds is 12. The first-order chi connectivity index (χ1) is 12.9. The van der Waals surface area contributed by atoms with E-state index >= 15 is 0 Å². The molecule has 0 fully saturated rings. The fourth-order valence-corrected chi connectivity index (χ4v) is 1.96. The highest BCUT2D eigenvalue weighted by molar-refractivity contribution is 5.94. The molecule has 160 valence electrons. The molecule has 0 aliphatic rings. The molecule has 0 aliphatic carbocycles. The molecule has 0 aromatic carbocycles. The lowest BCUT2D eigenvalue weighted by atomic mass is 10.1. The van der Waals surface area contributed by atoms with Crippen LogP contribution in [0.25, 0.3) is 0 Å². The zero-order valence-electron chi connectivity index (χ0n) is 15.4. The van der Waals surface area contributed by atoms with Crippen LogP contribution in [0.4, 0.5) is 0 Å². The van der Waals surface area contributed by atoms with Crippen LogP contribution in [-0.4, -0.2) is 87.0 Å². The molecule has 28 heavy (non-hydrogen) atoms. The van der Waals surface area contributed by atoms with Crippen LogP contribution in [0.15, 0.2) is 0 Å². The molecule has 13 heteroatoms. The number of carbonyl (C=O) groups is 5. The quantitative estimate of drug-likeness (QED) is 0.157. The van der Waals surface area contributed by atoms with Crippen molar-refractivity contribution in [1.82, 2.24) is 16.0 Å². The van der Waals surface area contributed by atoms with Crippen molar-refractivity contribution in [1.29, 1.82) is 0 Å². The molecule has 0 rings (SSSR count). The lowest BCUT2D eigenvalue weighted by molar-refractivity contribution is -0.140. The van der Waals surface area contributed by atoms with Crippen LogP contribution in [0.5, 0.6) is 0 Å². The van der Waals surface area contributed by atoms with E-state index in [4.69, 9.17) is 15.9 Å². The number of nitrogens with one attached hydrogen (secondary N) is 3. The van der Waals surface area contributed by atoms with Crippen LogP contribution in [0.1, 0.15) is 26.7 Å². The largest absolute Gasteiger partial charge is 0.481 e. The van der Waals surface area contributed by atoms with Gasteiger partial charge < -0.3 is 42.1 Å². The summed E-state index contributed by atoms with van der Waals surface area (Å²) < 4.78 is 0. The third-order valence-electron chi connectivity index (χ3n) is 3.58. The second-order valence-corrected chi connectivity index (χ2v) is 6.10. The molecular weight excluding hydrogens is 380 g/mol. The van der Waals surface area contributed by atoms with Gasteiger partial charge in [0.1, 0.15) is 24.7 Å². The fourth-order valence-electron chi connectivity index (χ4n) is 1.96. The predicted molar refractivity (Wildman–Crippen MR) is 92.7 cm³/mol. The molecule has 0 aromatic heterocycles. The maximum atomic E-state index is 12.4. The summed E-state index contributed by atoms with van der Waals surface area (Å²) in [5.74, 6) is -5.52. The molecule has 0 bridgehead atoms. The minimum absolute atomic E-state index is 0.361. The lowest BCUT2D eigenvalue weighted by Gasteiger charge is -2.26. The van der Waals surface area contributed by atoms with Crippen molar-refractivity contribution < 1.29 is 44.4 Å². The van der Waals surface area contributed by atoms with Crippen molar-refractivity contribution in [3.8, 4) is 0 Å². The second-order valence-electron chi connectivity index (χ2n) is 6.10. The van der Waals surface area contributed by atoms with Gasteiger partial charge in [-0.25, -0.2) is 0 Å². The van der Waals surface area contributed by atoms with Gasteiger partial charge in [0, 0.05) is 6.42 Å². The van der Waals surface area contributed by atoms with Gasteiger partial charge in [-0.05, 0) is 20.3 Å². The number of nitrogens with two attached hydrogens (primary N) is 1. The molecule has 0 aliphatic heterocycles. The summed E-state index contributed by atoms with van der Waals surface area (Å²) in [4.78, 5) is 57.6. The smallest absolute Gasteiger partial charge is 0.322 e. The first-order valence-electron chi connectivity index (χ1n) is 8.30. The molecule has 0 heterocycles. The Hall–Kier alpha value is -2.77. The summed E-state index contributed by atoms with van der Waals surface area (Å²) in [5.41, 5.74) is 5.45. The standard InChI is InChI=1S/C15H26N4O9/c1-6(20)11(16)14(27)19-12(7(2)21)15(28)18-8(3-4-9(22)23)13(26)17-5-10(24)25/h6-8,11-12,20-21H,3-5,16H2,1-2H3,(H,17,26)(H,18,28)(H,19,27)(H,22,23)(H,24,25). The Balaban J connectivity index is 5.23. The molecular formula is C15H26N4O9. The summed E-state index contributed by atoms with van der Waals surface area (Å²) in [5, 5.41) is 42.7. The number of aliphatic carboxylic acids is 2. The highest BCUT2D eigenvalue weighted by Gasteiger charge is 2.32. The molecule has 0 spiro atoms. The summed E-state index contributed by atoms with van der Waals surface area (Å²) in [6.07, 6.45) is -3.53. The van der Waals surface area contributed by atoms with Crippen LogP contribution < -0.4 is 21.7 Å². The molecule has 0 aromatic rings. The van der Waals surface area contributed by atoms with E-state index in [-0.39, 0.29) is 6.42 Å². The van der Waals surface area contributed by atoms with Crippen LogP contribution in [0.2, 0.25) is 0 Å². The average Bonchev–Trinajstić information content (AvgIpc) is 2.59. The van der Waals surface area contributed by atoms with Crippen molar-refractivity contribution in [2.75, 3.05) is 6.54 Å². The molecule has 0 saturated heterocycles. The van der Waals surface area contributed by atoms with Gasteiger partial charge in [-0.1, -0.05) is 0 Å². The number of amides is 3. The van der Waals surface area contributed by atoms with Gasteiger partial charge >= 0.3 is 11.9 Å². The summed E-state index contributed by atoms with van der Waals surface area (Å²) in [6.45, 7) is 1.67. The van der Waals surface area contributed by atoms with E-state index in [1.807, 2.05) is 5.32 Å². The van der Waals surface area contributed by atoms with E-state index in [1.165, 1.54) is 13.8 Å². The maximum absolute atomic E-state index is 12.4. The highest BCUT2D eigenvalue weighted by Crippen LogP contribution is 2.02. The number of aliphatic hydroxyl groups is 2. The molecule has 5 atom stereocenters. The predicted octanol–water partition coefficient (Wildman–Crippen LogP) is -3.89. The van der Waals surface area contributed by atoms with Crippen LogP contribution in [0.3, 0.4) is 0 Å². The average molecular weight is 406 g/mol. The maximum Gasteiger partial charge on any atom is 0.322 e. The number of carboxylic acids is 2. The van der Waals surface area contributed by atoms with Gasteiger partial charge in [-0.15, -0.1) is 0 Å². The third kappa shape index (κ3) is 9.25. The van der Waals surface area contributed by atoms with Gasteiger partial charge in [0.2, 0.25) is 17.7 Å². The van der Waals surface area contributed by atoms with E-state index in [0.29, 0.717) is 0 Å². The number of hydrogen-bond donors (Lipinski definition) is 8. The number of carboxylic acid groups (broad SMARTS) is 2. The SMILES string of the molecule is CC(O)C(N)C(=O)NC(C(=O)NC(CCC(=O)O)C(=O)NCC(=O)O)C(C)O. The van der Waals surface area contributed by atoms with Crippen LogP contribution in [-0.2, 0) is 24.0 Å². The summed E-state index contributed by atoms with van der Waals surface area (Å²) in [7, 11) is 0. The Morgan fingerprint density at radius 1 is 0.857 bits per heavy atom. The van der Waals surface area contributed by atoms with Crippen molar-refractivity contribution in [2.24, 2.45) is 5.73 Å².